The highest BCUT2D eigenvalue weighted by Crippen LogP contribution is 2.25. The fourth-order valence-electron chi connectivity index (χ4n) is 1.54. The molecule has 0 atom stereocenters. The molecule has 1 heterocycles. The molecule has 1 aromatic heterocycles. The van der Waals surface area contributed by atoms with Crippen LogP contribution in [0.15, 0.2) is 36.4 Å². The molecular weight excluding hydrogens is 241 g/mol. The number of rotatable bonds is 3. The highest BCUT2D eigenvalue weighted by molar-refractivity contribution is 7.97. The summed E-state index contributed by atoms with van der Waals surface area (Å²) in [5.41, 5.74) is 1.94. The molecule has 0 aliphatic rings. The van der Waals surface area contributed by atoms with Crippen molar-refractivity contribution < 1.29 is 4.39 Å². The normalized spacial score (nSPS) is 10.4. The smallest absolute Gasteiger partial charge is 0.177 e. The van der Waals surface area contributed by atoms with E-state index in [1.54, 1.807) is 0 Å². The minimum absolute atomic E-state index is 0.125. The molecule has 0 bridgehead atoms. The van der Waals surface area contributed by atoms with Gasteiger partial charge in [-0.2, -0.15) is 4.39 Å². The van der Waals surface area contributed by atoms with Gasteiger partial charge in [-0.3, -0.25) is 5.41 Å². The first-order valence-electron chi connectivity index (χ1n) is 4.77. The first kappa shape index (κ1) is 11.4. The van der Waals surface area contributed by atoms with Crippen LogP contribution in [0.5, 0.6) is 0 Å². The first-order chi connectivity index (χ1) is 7.66. The fourth-order valence-corrected chi connectivity index (χ4v) is 2.58. The summed E-state index contributed by atoms with van der Waals surface area (Å²) in [5, 5.41) is 7.32. The number of thiol groups is 1. The maximum Gasteiger partial charge on any atom is 0.177 e. The SMILES string of the molecule is N=C(S)c1sc(F)cc1Cc1ccccc1. The van der Waals surface area contributed by atoms with Gasteiger partial charge < -0.3 is 0 Å². The Morgan fingerprint density at radius 1 is 1.31 bits per heavy atom. The summed E-state index contributed by atoms with van der Waals surface area (Å²) in [5.74, 6) is 0. The van der Waals surface area contributed by atoms with E-state index in [1.165, 1.54) is 6.07 Å². The Balaban J connectivity index is 2.31. The molecule has 0 unspecified atom stereocenters. The monoisotopic (exact) mass is 251 g/mol. The molecule has 0 spiro atoms. The molecule has 1 nitrogen and oxygen atoms in total. The van der Waals surface area contributed by atoms with Gasteiger partial charge in [-0.25, -0.2) is 0 Å². The van der Waals surface area contributed by atoms with E-state index >= 15 is 0 Å². The van der Waals surface area contributed by atoms with Gasteiger partial charge in [-0.15, -0.1) is 24.0 Å². The van der Waals surface area contributed by atoms with Gasteiger partial charge in [0, 0.05) is 0 Å². The van der Waals surface area contributed by atoms with Crippen molar-refractivity contribution in [2.75, 3.05) is 0 Å². The van der Waals surface area contributed by atoms with E-state index in [0.717, 1.165) is 22.5 Å². The molecular formula is C12H10FNS2. The summed E-state index contributed by atoms with van der Waals surface area (Å²) in [6.07, 6.45) is 0.638. The van der Waals surface area contributed by atoms with E-state index in [-0.39, 0.29) is 10.2 Å². The Kier molecular flexibility index (Phi) is 3.41. The number of nitrogens with one attached hydrogen (secondary N) is 1. The lowest BCUT2D eigenvalue weighted by Gasteiger charge is -2.01. The van der Waals surface area contributed by atoms with Crippen molar-refractivity contribution in [1.29, 1.82) is 5.41 Å². The lowest BCUT2D eigenvalue weighted by molar-refractivity contribution is 0.656. The van der Waals surface area contributed by atoms with Gasteiger partial charge in [-0.1, -0.05) is 30.3 Å². The first-order valence-corrected chi connectivity index (χ1v) is 6.03. The zero-order chi connectivity index (χ0) is 11.5. The van der Waals surface area contributed by atoms with Crippen LogP contribution in [0.25, 0.3) is 0 Å². The van der Waals surface area contributed by atoms with Crippen molar-refractivity contribution in [3.63, 3.8) is 0 Å². The van der Waals surface area contributed by atoms with Crippen LogP contribution >= 0.6 is 24.0 Å². The van der Waals surface area contributed by atoms with Gasteiger partial charge in [0.2, 0.25) is 0 Å². The van der Waals surface area contributed by atoms with E-state index in [4.69, 9.17) is 5.41 Å². The van der Waals surface area contributed by atoms with Crippen molar-refractivity contribution in [3.05, 3.63) is 57.5 Å². The molecule has 0 aliphatic heterocycles. The average Bonchev–Trinajstić information content (AvgIpc) is 2.61. The molecule has 0 fully saturated rings. The van der Waals surface area contributed by atoms with Gasteiger partial charge >= 0.3 is 0 Å². The Hall–Kier alpha value is -1.13. The molecule has 16 heavy (non-hydrogen) atoms. The van der Waals surface area contributed by atoms with Gasteiger partial charge in [0.15, 0.2) is 5.13 Å². The summed E-state index contributed by atoms with van der Waals surface area (Å²) in [6.45, 7) is 0. The fraction of sp³-hybridized carbons (Fsp3) is 0.0833. The van der Waals surface area contributed by atoms with E-state index in [1.807, 2.05) is 30.3 Å². The summed E-state index contributed by atoms with van der Waals surface area (Å²) in [7, 11) is 0. The molecule has 4 heteroatoms. The summed E-state index contributed by atoms with van der Waals surface area (Å²) in [6, 6.07) is 11.3. The Morgan fingerprint density at radius 3 is 2.62 bits per heavy atom. The third-order valence-electron chi connectivity index (χ3n) is 2.23. The third kappa shape index (κ3) is 2.51. The maximum atomic E-state index is 13.1. The second kappa shape index (κ2) is 4.80. The van der Waals surface area contributed by atoms with Crippen molar-refractivity contribution >= 4 is 29.0 Å². The van der Waals surface area contributed by atoms with E-state index < -0.39 is 0 Å². The minimum Gasteiger partial charge on any atom is -0.293 e. The molecule has 0 radical (unpaired) electrons. The van der Waals surface area contributed by atoms with Crippen LogP contribution in [-0.4, -0.2) is 5.04 Å². The highest BCUT2D eigenvalue weighted by atomic mass is 32.1. The molecule has 0 aliphatic carbocycles. The standard InChI is InChI=1S/C12H10FNS2/c13-10-7-9(11(16-10)12(14)15)6-8-4-2-1-3-5-8/h1-5,7H,6H2,(H2,14,15). The van der Waals surface area contributed by atoms with Crippen LogP contribution in [0.1, 0.15) is 16.0 Å². The molecule has 1 N–H and O–H groups in total. The lowest BCUT2D eigenvalue weighted by atomic mass is 10.1. The van der Waals surface area contributed by atoms with Crippen LogP contribution in [0.4, 0.5) is 4.39 Å². The van der Waals surface area contributed by atoms with Crippen LogP contribution in [0.3, 0.4) is 0 Å². The zero-order valence-electron chi connectivity index (χ0n) is 8.40. The van der Waals surface area contributed by atoms with Crippen LogP contribution in [0.2, 0.25) is 0 Å². The molecule has 2 aromatic rings. The Bertz CT molecular complexity index is 505. The van der Waals surface area contributed by atoms with Gasteiger partial charge in [0.05, 0.1) is 4.88 Å². The van der Waals surface area contributed by atoms with Gasteiger partial charge in [0.25, 0.3) is 0 Å². The quantitative estimate of drug-likeness (QED) is 0.472. The zero-order valence-corrected chi connectivity index (χ0v) is 10.1. The number of halogens is 1. The molecule has 0 amide bonds. The van der Waals surface area contributed by atoms with Gasteiger partial charge in [-0.05, 0) is 23.6 Å². The summed E-state index contributed by atoms with van der Waals surface area (Å²) >= 11 is 4.94. The second-order valence-electron chi connectivity index (χ2n) is 3.42. The van der Waals surface area contributed by atoms with Crippen LogP contribution < -0.4 is 0 Å². The second-order valence-corrected chi connectivity index (χ2v) is 4.87. The van der Waals surface area contributed by atoms with Crippen LogP contribution in [-0.2, 0) is 6.42 Å². The van der Waals surface area contributed by atoms with E-state index in [9.17, 15) is 4.39 Å². The average molecular weight is 251 g/mol. The maximum absolute atomic E-state index is 13.1. The van der Waals surface area contributed by atoms with Gasteiger partial charge in [0.1, 0.15) is 5.04 Å². The minimum atomic E-state index is -0.264. The van der Waals surface area contributed by atoms with Crippen LogP contribution in [0, 0.1) is 10.5 Å². The molecule has 2 rings (SSSR count). The predicted molar refractivity (Wildman–Crippen MR) is 69.3 cm³/mol. The Labute approximate surface area is 103 Å². The molecule has 82 valence electrons. The Morgan fingerprint density at radius 2 is 2.00 bits per heavy atom. The summed E-state index contributed by atoms with van der Waals surface area (Å²) in [4.78, 5) is 0.615. The molecule has 0 saturated carbocycles. The van der Waals surface area contributed by atoms with Crippen molar-refractivity contribution in [1.82, 2.24) is 0 Å². The number of hydrogen-bond acceptors (Lipinski definition) is 2. The third-order valence-corrected chi connectivity index (χ3v) is 3.59. The number of hydrogen-bond donors (Lipinski definition) is 2. The van der Waals surface area contributed by atoms with E-state index in [2.05, 4.69) is 12.6 Å². The largest absolute Gasteiger partial charge is 0.293 e. The van der Waals surface area contributed by atoms with Crippen molar-refractivity contribution in [2.24, 2.45) is 0 Å². The predicted octanol–water partition coefficient (Wildman–Crippen LogP) is 3.73. The number of thiophene rings is 1. The van der Waals surface area contributed by atoms with E-state index in [0.29, 0.717) is 11.3 Å². The molecule has 1 aromatic carbocycles. The van der Waals surface area contributed by atoms with Crippen molar-refractivity contribution in [2.45, 2.75) is 6.42 Å². The van der Waals surface area contributed by atoms with Crippen molar-refractivity contribution in [3.8, 4) is 0 Å². The highest BCUT2D eigenvalue weighted by Gasteiger charge is 2.11. The number of benzene rings is 1. The molecule has 0 saturated heterocycles. The lowest BCUT2D eigenvalue weighted by Crippen LogP contribution is -1.93. The summed E-state index contributed by atoms with van der Waals surface area (Å²) < 4.78 is 13.1. The topological polar surface area (TPSA) is 23.9 Å².